The lowest BCUT2D eigenvalue weighted by Gasteiger charge is -1.84. The summed E-state index contributed by atoms with van der Waals surface area (Å²) in [4.78, 5) is 0. The van der Waals surface area contributed by atoms with Crippen LogP contribution in [0.2, 0.25) is 0 Å². The highest BCUT2D eigenvalue weighted by Gasteiger charge is 1.95. The Balaban J connectivity index is 3.12. The van der Waals surface area contributed by atoms with Gasteiger partial charge >= 0.3 is 0 Å². The minimum absolute atomic E-state index is 1.17. The molecule has 0 spiro atoms. The molecule has 0 amide bonds. The molecule has 0 aliphatic carbocycles. The Hall–Kier alpha value is -1.08. The van der Waals surface area contributed by atoms with Gasteiger partial charge in [-0.2, -0.15) is 0 Å². The van der Waals surface area contributed by atoms with E-state index in [1.807, 2.05) is 0 Å². The Morgan fingerprint density at radius 3 is 2.83 bits per heavy atom. The van der Waals surface area contributed by atoms with Gasteiger partial charge in [-0.15, -0.1) is 11.3 Å². The summed E-state index contributed by atoms with van der Waals surface area (Å²) in [5.74, 6) is 0. The molecule has 0 unspecified atom stereocenters. The molecule has 0 saturated heterocycles. The number of hydrogen-bond acceptors (Lipinski definition) is 1. The maximum Gasteiger partial charge on any atom is 0.0355 e. The number of benzene rings is 1. The second kappa shape index (κ2) is 2.76. The standard InChI is InChI=1S/C11H10S/c1-3-9-8(2)12-11-7-5-4-6-10(9)11/h3-7H,2H2,1H3/b9-3+. The monoisotopic (exact) mass is 174 g/mol. The lowest BCUT2D eigenvalue weighted by Crippen LogP contribution is -2.15. The van der Waals surface area contributed by atoms with Gasteiger partial charge in [0, 0.05) is 9.23 Å². The zero-order valence-corrected chi connectivity index (χ0v) is 7.82. The van der Waals surface area contributed by atoms with E-state index in [4.69, 9.17) is 0 Å². The second-order valence-electron chi connectivity index (χ2n) is 2.72. The van der Waals surface area contributed by atoms with Gasteiger partial charge in [0.25, 0.3) is 0 Å². The predicted octanol–water partition coefficient (Wildman–Crippen LogP) is 2.11. The van der Waals surface area contributed by atoms with E-state index in [0.29, 0.717) is 0 Å². The molecule has 2 rings (SSSR count). The summed E-state index contributed by atoms with van der Waals surface area (Å²) in [5, 5.41) is 2.62. The number of rotatable bonds is 0. The van der Waals surface area contributed by atoms with Crippen LogP contribution in [0.25, 0.3) is 22.7 Å². The van der Waals surface area contributed by atoms with E-state index in [1.54, 1.807) is 11.3 Å². The van der Waals surface area contributed by atoms with E-state index in [1.165, 1.54) is 19.8 Å². The van der Waals surface area contributed by atoms with Gasteiger partial charge in [-0.05, 0) is 23.6 Å². The highest BCUT2D eigenvalue weighted by Crippen LogP contribution is 2.11. The summed E-state index contributed by atoms with van der Waals surface area (Å²) in [7, 11) is 0. The molecule has 0 bridgehead atoms. The van der Waals surface area contributed by atoms with E-state index < -0.39 is 0 Å². The molecule has 0 aliphatic heterocycles. The van der Waals surface area contributed by atoms with Crippen LogP contribution >= 0.6 is 11.3 Å². The van der Waals surface area contributed by atoms with Crippen LogP contribution < -0.4 is 9.75 Å². The second-order valence-corrected chi connectivity index (χ2v) is 3.86. The third kappa shape index (κ3) is 0.978. The van der Waals surface area contributed by atoms with Crippen molar-refractivity contribution < 1.29 is 0 Å². The van der Waals surface area contributed by atoms with Gasteiger partial charge in [0.2, 0.25) is 0 Å². The topological polar surface area (TPSA) is 0 Å². The molecule has 1 heteroatoms. The van der Waals surface area contributed by atoms with Gasteiger partial charge in [-0.3, -0.25) is 0 Å². The van der Waals surface area contributed by atoms with Crippen molar-refractivity contribution in [3.8, 4) is 0 Å². The molecule has 1 aromatic heterocycles. The SMILES string of the molecule is C=c1sc2ccccc2/c1=C/C. The van der Waals surface area contributed by atoms with Crippen LogP contribution in [0, 0.1) is 0 Å². The Kier molecular flexibility index (Phi) is 1.74. The molecule has 1 heterocycles. The van der Waals surface area contributed by atoms with Crippen molar-refractivity contribution in [1.29, 1.82) is 0 Å². The highest BCUT2D eigenvalue weighted by molar-refractivity contribution is 7.17. The third-order valence-electron chi connectivity index (χ3n) is 2.00. The normalized spacial score (nSPS) is 12.6. The summed E-state index contributed by atoms with van der Waals surface area (Å²) >= 11 is 1.76. The summed E-state index contributed by atoms with van der Waals surface area (Å²) < 4.78 is 2.49. The molecule has 0 fully saturated rings. The molecule has 0 aliphatic rings. The predicted molar refractivity (Wildman–Crippen MR) is 56.7 cm³/mol. The number of fused-ring (bicyclic) bond motifs is 1. The zero-order chi connectivity index (χ0) is 8.55. The fraction of sp³-hybridized carbons (Fsp3) is 0.0909. The average Bonchev–Trinajstić information content (AvgIpc) is 2.40. The molecule has 0 radical (unpaired) electrons. The van der Waals surface area contributed by atoms with Crippen LogP contribution in [0.1, 0.15) is 6.92 Å². The van der Waals surface area contributed by atoms with Crippen molar-refractivity contribution in [1.82, 2.24) is 0 Å². The fourth-order valence-electron chi connectivity index (χ4n) is 1.43. The van der Waals surface area contributed by atoms with Crippen LogP contribution in [0.4, 0.5) is 0 Å². The average molecular weight is 174 g/mol. The van der Waals surface area contributed by atoms with Crippen molar-refractivity contribution in [2.75, 3.05) is 0 Å². The Morgan fingerprint density at radius 1 is 1.33 bits per heavy atom. The van der Waals surface area contributed by atoms with Crippen molar-refractivity contribution >= 4 is 34.1 Å². The van der Waals surface area contributed by atoms with Crippen molar-refractivity contribution in [2.45, 2.75) is 6.92 Å². The number of thiophene rings is 1. The van der Waals surface area contributed by atoms with Gasteiger partial charge in [0.1, 0.15) is 0 Å². The zero-order valence-electron chi connectivity index (χ0n) is 7.00. The van der Waals surface area contributed by atoms with E-state index >= 15 is 0 Å². The van der Waals surface area contributed by atoms with Gasteiger partial charge < -0.3 is 0 Å². The maximum absolute atomic E-state index is 4.02. The van der Waals surface area contributed by atoms with Gasteiger partial charge in [0.15, 0.2) is 0 Å². The van der Waals surface area contributed by atoms with Crippen LogP contribution in [0.15, 0.2) is 24.3 Å². The smallest absolute Gasteiger partial charge is 0.0355 e. The Bertz CT molecular complexity index is 505. The summed E-state index contributed by atoms with van der Waals surface area (Å²) in [6, 6.07) is 8.43. The molecule has 0 atom stereocenters. The third-order valence-corrected chi connectivity index (χ3v) is 3.04. The molecular formula is C11H10S. The first-order chi connectivity index (χ1) is 5.83. The molecule has 1 aromatic carbocycles. The fourth-order valence-corrected chi connectivity index (χ4v) is 2.47. The molecule has 0 saturated carbocycles. The first-order valence-corrected chi connectivity index (χ1v) is 4.77. The molecule has 2 aromatic rings. The summed E-state index contributed by atoms with van der Waals surface area (Å²) in [6.45, 7) is 6.07. The van der Waals surface area contributed by atoms with Crippen molar-refractivity contribution in [3.05, 3.63) is 34.0 Å². The van der Waals surface area contributed by atoms with Crippen LogP contribution in [-0.4, -0.2) is 0 Å². The minimum atomic E-state index is 1.17. The first-order valence-electron chi connectivity index (χ1n) is 3.96. The highest BCUT2D eigenvalue weighted by atomic mass is 32.1. The van der Waals surface area contributed by atoms with Crippen LogP contribution in [0.3, 0.4) is 0 Å². The van der Waals surface area contributed by atoms with Gasteiger partial charge in [-0.25, -0.2) is 0 Å². The molecule has 12 heavy (non-hydrogen) atoms. The lowest BCUT2D eigenvalue weighted by atomic mass is 10.2. The van der Waals surface area contributed by atoms with Crippen molar-refractivity contribution in [2.24, 2.45) is 0 Å². The molecular weight excluding hydrogens is 164 g/mol. The van der Waals surface area contributed by atoms with Crippen LogP contribution in [-0.2, 0) is 0 Å². The first kappa shape index (κ1) is 7.56. The van der Waals surface area contributed by atoms with Gasteiger partial charge in [-0.1, -0.05) is 30.9 Å². The Morgan fingerprint density at radius 2 is 2.08 bits per heavy atom. The molecule has 0 nitrogen and oxygen atoms in total. The van der Waals surface area contributed by atoms with E-state index in [9.17, 15) is 0 Å². The molecule has 0 N–H and O–H groups in total. The largest absolute Gasteiger partial charge is 0.136 e. The summed E-state index contributed by atoms with van der Waals surface area (Å²) in [5.41, 5.74) is 0. The number of hydrogen-bond donors (Lipinski definition) is 0. The van der Waals surface area contributed by atoms with Crippen LogP contribution in [0.5, 0.6) is 0 Å². The van der Waals surface area contributed by atoms with Crippen molar-refractivity contribution in [3.63, 3.8) is 0 Å². The minimum Gasteiger partial charge on any atom is -0.136 e. The maximum atomic E-state index is 4.02. The summed E-state index contributed by atoms with van der Waals surface area (Å²) in [6.07, 6.45) is 2.13. The van der Waals surface area contributed by atoms with E-state index in [2.05, 4.69) is 43.8 Å². The quantitative estimate of drug-likeness (QED) is 0.574. The lowest BCUT2D eigenvalue weighted by molar-refractivity contribution is 1.72. The van der Waals surface area contributed by atoms with E-state index in [0.717, 1.165) is 0 Å². The van der Waals surface area contributed by atoms with E-state index in [-0.39, 0.29) is 0 Å². The molecule has 60 valence electrons. The Labute approximate surface area is 75.5 Å². The van der Waals surface area contributed by atoms with Gasteiger partial charge in [0.05, 0.1) is 0 Å².